The molecule has 0 radical (unpaired) electrons. The van der Waals surface area contributed by atoms with Crippen LogP contribution in [0.15, 0.2) is 24.3 Å². The third-order valence-corrected chi connectivity index (χ3v) is 3.03. The van der Waals surface area contributed by atoms with Crippen molar-refractivity contribution in [3.8, 4) is 0 Å². The zero-order valence-electron chi connectivity index (χ0n) is 9.16. The molecule has 0 spiro atoms. The molecule has 1 amide bonds. The van der Waals surface area contributed by atoms with Crippen LogP contribution in [0.1, 0.15) is 6.92 Å². The van der Waals surface area contributed by atoms with Crippen LogP contribution in [0.3, 0.4) is 0 Å². The number of carbonyl (C=O) groups is 1. The van der Waals surface area contributed by atoms with Crippen molar-refractivity contribution in [2.75, 3.05) is 18.4 Å². The summed E-state index contributed by atoms with van der Waals surface area (Å²) in [5.41, 5.74) is 0.518. The summed E-state index contributed by atoms with van der Waals surface area (Å²) >= 11 is 0. The second kappa shape index (κ2) is 4.61. The number of amides is 1. The molecule has 1 saturated heterocycles. The van der Waals surface area contributed by atoms with Crippen LogP contribution < -0.4 is 10.6 Å². The van der Waals surface area contributed by atoms with Gasteiger partial charge in [-0.1, -0.05) is 13.0 Å². The lowest BCUT2D eigenvalue weighted by molar-refractivity contribution is -0.121. The number of halogens is 1. The smallest absolute Gasteiger partial charge is 0.227 e. The topological polar surface area (TPSA) is 41.1 Å². The van der Waals surface area contributed by atoms with E-state index in [-0.39, 0.29) is 17.6 Å². The third-order valence-electron chi connectivity index (χ3n) is 3.03. The van der Waals surface area contributed by atoms with E-state index < -0.39 is 0 Å². The Morgan fingerprint density at radius 2 is 2.31 bits per heavy atom. The highest BCUT2D eigenvalue weighted by Crippen LogP contribution is 2.18. The highest BCUT2D eigenvalue weighted by molar-refractivity contribution is 5.92. The van der Waals surface area contributed by atoms with Crippen molar-refractivity contribution in [1.82, 2.24) is 5.32 Å². The fourth-order valence-electron chi connectivity index (χ4n) is 1.70. The molecular formula is C12H15FN2O. The standard InChI is InChI=1S/C12H15FN2O/c1-8(9-6-14-7-9)12(16)15-11-4-2-3-10(13)5-11/h2-5,8-9,14H,6-7H2,1H3,(H,15,16). The van der Waals surface area contributed by atoms with E-state index in [1.807, 2.05) is 6.92 Å². The van der Waals surface area contributed by atoms with Crippen LogP contribution in [0.4, 0.5) is 10.1 Å². The van der Waals surface area contributed by atoms with E-state index in [4.69, 9.17) is 0 Å². The zero-order valence-corrected chi connectivity index (χ0v) is 9.16. The van der Waals surface area contributed by atoms with Crippen LogP contribution in [0, 0.1) is 17.7 Å². The summed E-state index contributed by atoms with van der Waals surface area (Å²) in [6, 6.07) is 5.95. The van der Waals surface area contributed by atoms with Gasteiger partial charge in [0.2, 0.25) is 5.91 Å². The maximum atomic E-state index is 12.9. The van der Waals surface area contributed by atoms with Gasteiger partial charge >= 0.3 is 0 Å². The molecule has 1 aromatic carbocycles. The summed E-state index contributed by atoms with van der Waals surface area (Å²) < 4.78 is 12.9. The minimum Gasteiger partial charge on any atom is -0.326 e. The van der Waals surface area contributed by atoms with Crippen molar-refractivity contribution in [3.05, 3.63) is 30.1 Å². The normalized spacial score (nSPS) is 17.6. The van der Waals surface area contributed by atoms with E-state index in [0.717, 1.165) is 13.1 Å². The summed E-state index contributed by atoms with van der Waals surface area (Å²) in [5, 5.41) is 5.85. The minimum atomic E-state index is -0.337. The van der Waals surface area contributed by atoms with Gasteiger partial charge in [0, 0.05) is 11.6 Å². The largest absolute Gasteiger partial charge is 0.326 e. The summed E-state index contributed by atoms with van der Waals surface area (Å²) in [6.07, 6.45) is 0. The Bertz CT molecular complexity index is 390. The second-order valence-corrected chi connectivity index (χ2v) is 4.21. The van der Waals surface area contributed by atoms with Gasteiger partial charge in [0.25, 0.3) is 0 Å². The Kier molecular flexibility index (Phi) is 3.19. The molecule has 2 N–H and O–H groups in total. The molecule has 86 valence electrons. The van der Waals surface area contributed by atoms with Gasteiger partial charge in [-0.2, -0.15) is 0 Å². The van der Waals surface area contributed by atoms with Gasteiger partial charge in [-0.15, -0.1) is 0 Å². The Balaban J connectivity index is 1.96. The maximum Gasteiger partial charge on any atom is 0.227 e. The highest BCUT2D eigenvalue weighted by atomic mass is 19.1. The molecule has 1 heterocycles. The van der Waals surface area contributed by atoms with E-state index in [2.05, 4.69) is 10.6 Å². The molecule has 4 heteroatoms. The van der Waals surface area contributed by atoms with Crippen molar-refractivity contribution in [2.24, 2.45) is 11.8 Å². The molecule has 1 aromatic rings. The number of nitrogens with one attached hydrogen (secondary N) is 2. The molecule has 3 nitrogen and oxygen atoms in total. The molecule has 1 aliphatic rings. The molecule has 0 aliphatic carbocycles. The van der Waals surface area contributed by atoms with Crippen LogP contribution in [0.25, 0.3) is 0 Å². The van der Waals surface area contributed by atoms with Gasteiger partial charge in [-0.3, -0.25) is 4.79 Å². The number of rotatable bonds is 3. The van der Waals surface area contributed by atoms with Gasteiger partial charge in [-0.05, 0) is 37.2 Å². The number of hydrogen-bond acceptors (Lipinski definition) is 2. The predicted molar refractivity (Wildman–Crippen MR) is 60.6 cm³/mol. The lowest BCUT2D eigenvalue weighted by atomic mass is 9.88. The van der Waals surface area contributed by atoms with Crippen molar-refractivity contribution in [1.29, 1.82) is 0 Å². The molecule has 0 bridgehead atoms. The fraction of sp³-hybridized carbons (Fsp3) is 0.417. The van der Waals surface area contributed by atoms with Crippen LogP contribution in [0.2, 0.25) is 0 Å². The van der Waals surface area contributed by atoms with Crippen LogP contribution in [-0.4, -0.2) is 19.0 Å². The molecule has 16 heavy (non-hydrogen) atoms. The summed E-state index contributed by atoms with van der Waals surface area (Å²) in [6.45, 7) is 3.68. The van der Waals surface area contributed by atoms with E-state index in [9.17, 15) is 9.18 Å². The molecule has 2 rings (SSSR count). The first-order valence-corrected chi connectivity index (χ1v) is 5.44. The number of anilines is 1. The molecule has 1 aliphatic heterocycles. The van der Waals surface area contributed by atoms with Crippen LogP contribution >= 0.6 is 0 Å². The monoisotopic (exact) mass is 222 g/mol. The Morgan fingerprint density at radius 1 is 1.56 bits per heavy atom. The number of carbonyl (C=O) groups excluding carboxylic acids is 1. The lowest BCUT2D eigenvalue weighted by Gasteiger charge is -2.31. The van der Waals surface area contributed by atoms with Gasteiger partial charge in [0.05, 0.1) is 0 Å². The quantitative estimate of drug-likeness (QED) is 0.816. The number of benzene rings is 1. The van der Waals surface area contributed by atoms with Crippen molar-refractivity contribution < 1.29 is 9.18 Å². The third kappa shape index (κ3) is 2.39. The van der Waals surface area contributed by atoms with Crippen molar-refractivity contribution >= 4 is 11.6 Å². The van der Waals surface area contributed by atoms with Gasteiger partial charge < -0.3 is 10.6 Å². The average molecular weight is 222 g/mol. The van der Waals surface area contributed by atoms with Gasteiger partial charge in [-0.25, -0.2) is 4.39 Å². The summed E-state index contributed by atoms with van der Waals surface area (Å²) in [4.78, 5) is 11.8. The maximum absolute atomic E-state index is 12.9. The molecular weight excluding hydrogens is 207 g/mol. The van der Waals surface area contributed by atoms with Crippen molar-refractivity contribution in [3.63, 3.8) is 0 Å². The number of hydrogen-bond donors (Lipinski definition) is 2. The second-order valence-electron chi connectivity index (χ2n) is 4.21. The Morgan fingerprint density at radius 3 is 2.88 bits per heavy atom. The molecule has 0 saturated carbocycles. The fourth-order valence-corrected chi connectivity index (χ4v) is 1.70. The molecule has 0 aromatic heterocycles. The van der Waals surface area contributed by atoms with Crippen molar-refractivity contribution in [2.45, 2.75) is 6.92 Å². The zero-order chi connectivity index (χ0) is 11.5. The molecule has 1 fully saturated rings. The first-order valence-electron chi connectivity index (χ1n) is 5.44. The SMILES string of the molecule is CC(C(=O)Nc1cccc(F)c1)C1CNC1. The predicted octanol–water partition coefficient (Wildman–Crippen LogP) is 1.62. The van der Waals surface area contributed by atoms with Crippen LogP contribution in [-0.2, 0) is 4.79 Å². The van der Waals surface area contributed by atoms with E-state index in [1.165, 1.54) is 12.1 Å². The van der Waals surface area contributed by atoms with E-state index in [1.54, 1.807) is 12.1 Å². The van der Waals surface area contributed by atoms with Gasteiger partial charge in [0.1, 0.15) is 5.82 Å². The minimum absolute atomic E-state index is 0.0375. The average Bonchev–Trinajstić information content (AvgIpc) is 2.14. The Hall–Kier alpha value is -1.42. The van der Waals surface area contributed by atoms with Gasteiger partial charge in [0.15, 0.2) is 0 Å². The summed E-state index contributed by atoms with van der Waals surface area (Å²) in [5.74, 6) is -0.0223. The first-order chi connectivity index (χ1) is 7.66. The summed E-state index contributed by atoms with van der Waals surface area (Å²) in [7, 11) is 0. The lowest BCUT2D eigenvalue weighted by Crippen LogP contribution is -2.48. The Labute approximate surface area is 94.0 Å². The first kappa shape index (κ1) is 11.1. The van der Waals surface area contributed by atoms with Crippen LogP contribution in [0.5, 0.6) is 0 Å². The highest BCUT2D eigenvalue weighted by Gasteiger charge is 2.28. The molecule has 1 atom stereocenters. The molecule has 1 unspecified atom stereocenters. The van der Waals surface area contributed by atoms with E-state index >= 15 is 0 Å². The van der Waals surface area contributed by atoms with E-state index in [0.29, 0.717) is 11.6 Å².